The van der Waals surface area contributed by atoms with Crippen molar-refractivity contribution in [1.29, 1.82) is 0 Å². The first-order valence-corrected chi connectivity index (χ1v) is 6.02. The highest BCUT2D eigenvalue weighted by atomic mass is 14.4. The zero-order chi connectivity index (χ0) is 10.4. The van der Waals surface area contributed by atoms with E-state index in [4.69, 9.17) is 0 Å². The highest BCUT2D eigenvalue weighted by molar-refractivity contribution is 5.42. The molecule has 0 nitrogen and oxygen atoms in total. The van der Waals surface area contributed by atoms with Crippen molar-refractivity contribution in [2.45, 2.75) is 32.6 Å². The molecule has 78 valence electrons. The van der Waals surface area contributed by atoms with Gasteiger partial charge < -0.3 is 0 Å². The first kappa shape index (κ1) is 9.21. The standard InChI is InChI=1S/C15H18/c1-10-3-5-14-12(7-10)9-13-8-11(2)4-6-15(13)14/h3-7,11,13,15H,8-9H2,1-2H3. The van der Waals surface area contributed by atoms with Crippen LogP contribution in [0.2, 0.25) is 0 Å². The van der Waals surface area contributed by atoms with Crippen LogP contribution in [-0.4, -0.2) is 0 Å². The molecule has 0 saturated carbocycles. The molecule has 3 rings (SSSR count). The lowest BCUT2D eigenvalue weighted by molar-refractivity contribution is 0.400. The van der Waals surface area contributed by atoms with E-state index < -0.39 is 0 Å². The van der Waals surface area contributed by atoms with E-state index in [0.717, 1.165) is 17.8 Å². The third-order valence-electron chi connectivity index (χ3n) is 3.97. The van der Waals surface area contributed by atoms with Gasteiger partial charge in [-0.15, -0.1) is 0 Å². The smallest absolute Gasteiger partial charge is 0.00524 e. The first-order chi connectivity index (χ1) is 7.24. The van der Waals surface area contributed by atoms with Crippen molar-refractivity contribution < 1.29 is 0 Å². The van der Waals surface area contributed by atoms with Gasteiger partial charge in [0.1, 0.15) is 0 Å². The summed E-state index contributed by atoms with van der Waals surface area (Å²) in [6.07, 6.45) is 7.52. The number of fused-ring (bicyclic) bond motifs is 3. The van der Waals surface area contributed by atoms with E-state index in [0.29, 0.717) is 0 Å². The molecule has 0 N–H and O–H groups in total. The highest BCUT2D eigenvalue weighted by Gasteiger charge is 2.33. The van der Waals surface area contributed by atoms with Crippen LogP contribution in [0.1, 0.15) is 36.0 Å². The predicted molar refractivity (Wildman–Crippen MR) is 64.0 cm³/mol. The zero-order valence-corrected chi connectivity index (χ0v) is 9.53. The molecule has 0 bridgehead atoms. The van der Waals surface area contributed by atoms with E-state index >= 15 is 0 Å². The van der Waals surface area contributed by atoms with E-state index in [9.17, 15) is 0 Å². The molecule has 0 saturated heterocycles. The van der Waals surface area contributed by atoms with Crippen LogP contribution in [0.5, 0.6) is 0 Å². The Balaban J connectivity index is 2.02. The average Bonchev–Trinajstić information content (AvgIpc) is 2.53. The molecule has 0 heteroatoms. The van der Waals surface area contributed by atoms with E-state index in [-0.39, 0.29) is 0 Å². The molecule has 0 radical (unpaired) electrons. The number of hydrogen-bond acceptors (Lipinski definition) is 0. The molecule has 3 atom stereocenters. The van der Waals surface area contributed by atoms with Gasteiger partial charge in [0.2, 0.25) is 0 Å². The molecule has 0 fully saturated rings. The molecule has 0 spiro atoms. The van der Waals surface area contributed by atoms with Crippen LogP contribution in [0.4, 0.5) is 0 Å². The van der Waals surface area contributed by atoms with Crippen molar-refractivity contribution in [3.05, 3.63) is 47.0 Å². The topological polar surface area (TPSA) is 0 Å². The summed E-state index contributed by atoms with van der Waals surface area (Å²) < 4.78 is 0. The zero-order valence-electron chi connectivity index (χ0n) is 9.53. The summed E-state index contributed by atoms with van der Waals surface area (Å²) >= 11 is 0. The van der Waals surface area contributed by atoms with Gasteiger partial charge >= 0.3 is 0 Å². The molecule has 0 aliphatic heterocycles. The van der Waals surface area contributed by atoms with E-state index in [1.54, 1.807) is 11.1 Å². The monoisotopic (exact) mass is 198 g/mol. The van der Waals surface area contributed by atoms with E-state index in [1.165, 1.54) is 18.4 Å². The summed E-state index contributed by atoms with van der Waals surface area (Å²) in [6, 6.07) is 6.98. The van der Waals surface area contributed by atoms with Crippen molar-refractivity contribution in [2.24, 2.45) is 11.8 Å². The lowest BCUT2D eigenvalue weighted by Crippen LogP contribution is -2.13. The first-order valence-electron chi connectivity index (χ1n) is 6.02. The van der Waals surface area contributed by atoms with Crippen LogP contribution in [0, 0.1) is 18.8 Å². The molecule has 1 aromatic carbocycles. The van der Waals surface area contributed by atoms with Crippen LogP contribution in [-0.2, 0) is 6.42 Å². The molecule has 0 heterocycles. The fraction of sp³-hybridized carbons (Fsp3) is 0.467. The molecule has 0 amide bonds. The third-order valence-corrected chi connectivity index (χ3v) is 3.97. The number of benzene rings is 1. The van der Waals surface area contributed by atoms with Gasteiger partial charge in [0.15, 0.2) is 0 Å². The number of hydrogen-bond donors (Lipinski definition) is 0. The van der Waals surface area contributed by atoms with Crippen molar-refractivity contribution in [1.82, 2.24) is 0 Å². The fourth-order valence-corrected chi connectivity index (χ4v) is 3.26. The summed E-state index contributed by atoms with van der Waals surface area (Å²) in [5.74, 6) is 2.38. The van der Waals surface area contributed by atoms with Gasteiger partial charge in [-0.05, 0) is 42.7 Å². The molecule has 2 aliphatic carbocycles. The van der Waals surface area contributed by atoms with E-state index in [2.05, 4.69) is 44.2 Å². The minimum Gasteiger partial charge on any atom is -0.0851 e. The van der Waals surface area contributed by atoms with Crippen LogP contribution in [0.25, 0.3) is 0 Å². The second-order valence-electron chi connectivity index (χ2n) is 5.29. The van der Waals surface area contributed by atoms with Gasteiger partial charge in [-0.2, -0.15) is 0 Å². The average molecular weight is 198 g/mol. The van der Waals surface area contributed by atoms with E-state index in [1.807, 2.05) is 0 Å². The van der Waals surface area contributed by atoms with Crippen molar-refractivity contribution in [3.63, 3.8) is 0 Å². The lowest BCUT2D eigenvalue weighted by atomic mass is 9.80. The Hall–Kier alpha value is -1.04. The molecule has 1 aromatic rings. The van der Waals surface area contributed by atoms with Crippen LogP contribution >= 0.6 is 0 Å². The van der Waals surface area contributed by atoms with Crippen molar-refractivity contribution in [2.75, 3.05) is 0 Å². The second-order valence-corrected chi connectivity index (χ2v) is 5.29. The molecular weight excluding hydrogens is 180 g/mol. The van der Waals surface area contributed by atoms with Crippen LogP contribution in [0.3, 0.4) is 0 Å². The Morgan fingerprint density at radius 3 is 2.93 bits per heavy atom. The summed E-state index contributed by atoms with van der Waals surface area (Å²) in [5.41, 5.74) is 4.60. The highest BCUT2D eigenvalue weighted by Crippen LogP contribution is 2.44. The minimum atomic E-state index is 0.719. The van der Waals surface area contributed by atoms with Gasteiger partial charge in [0.05, 0.1) is 0 Å². The maximum absolute atomic E-state index is 2.44. The third kappa shape index (κ3) is 1.43. The number of allylic oxidation sites excluding steroid dienone is 2. The minimum absolute atomic E-state index is 0.719. The Labute approximate surface area is 92.0 Å². The Morgan fingerprint density at radius 2 is 2.07 bits per heavy atom. The summed E-state index contributed by atoms with van der Waals surface area (Å²) in [4.78, 5) is 0. The Kier molecular flexibility index (Phi) is 1.98. The summed E-state index contributed by atoms with van der Waals surface area (Å²) in [5, 5.41) is 0. The normalized spacial score (nSPS) is 32.5. The van der Waals surface area contributed by atoms with Gasteiger partial charge in [-0.25, -0.2) is 0 Å². The Morgan fingerprint density at radius 1 is 1.20 bits per heavy atom. The van der Waals surface area contributed by atoms with Gasteiger partial charge in [-0.1, -0.05) is 42.8 Å². The maximum atomic E-state index is 2.44. The molecular formula is C15H18. The van der Waals surface area contributed by atoms with Crippen LogP contribution in [0.15, 0.2) is 30.4 Å². The number of rotatable bonds is 0. The lowest BCUT2D eigenvalue weighted by Gasteiger charge is -2.24. The van der Waals surface area contributed by atoms with Gasteiger partial charge in [-0.3, -0.25) is 0 Å². The van der Waals surface area contributed by atoms with Crippen molar-refractivity contribution in [3.8, 4) is 0 Å². The second kappa shape index (κ2) is 3.23. The summed E-state index contributed by atoms with van der Waals surface area (Å²) in [6.45, 7) is 4.53. The van der Waals surface area contributed by atoms with Crippen LogP contribution < -0.4 is 0 Å². The van der Waals surface area contributed by atoms with Crippen molar-refractivity contribution >= 4 is 0 Å². The fourth-order valence-electron chi connectivity index (χ4n) is 3.26. The van der Waals surface area contributed by atoms with Gasteiger partial charge in [0, 0.05) is 5.92 Å². The molecule has 2 aliphatic rings. The molecule has 3 unspecified atom stereocenters. The molecule has 0 aromatic heterocycles. The number of aryl methyl sites for hydroxylation is 1. The predicted octanol–water partition coefficient (Wildman–Crippen LogP) is 3.85. The van der Waals surface area contributed by atoms with Gasteiger partial charge in [0.25, 0.3) is 0 Å². The quantitative estimate of drug-likeness (QED) is 0.555. The molecule has 15 heavy (non-hydrogen) atoms. The SMILES string of the molecule is Cc1ccc2c(c1)CC1CC(C)C=CC21. The Bertz CT molecular complexity index is 414. The summed E-state index contributed by atoms with van der Waals surface area (Å²) in [7, 11) is 0. The largest absolute Gasteiger partial charge is 0.0851 e. The maximum Gasteiger partial charge on any atom is 0.00524 e.